The third-order valence-electron chi connectivity index (χ3n) is 8.47. The van der Waals surface area contributed by atoms with Crippen molar-refractivity contribution in [2.45, 2.75) is 70.2 Å². The number of nitrogens with one attached hydrogen (secondary N) is 1. The molecule has 2 aliphatic heterocycles. The molecule has 39 heavy (non-hydrogen) atoms. The van der Waals surface area contributed by atoms with Gasteiger partial charge < -0.3 is 19.9 Å². The zero-order valence-electron chi connectivity index (χ0n) is 22.9. The minimum Gasteiger partial charge on any atom is -0.490 e. The Labute approximate surface area is 241 Å². The van der Waals surface area contributed by atoms with Crippen molar-refractivity contribution in [2.75, 3.05) is 16.8 Å². The Hall–Kier alpha value is -3.09. The van der Waals surface area contributed by atoms with Gasteiger partial charge in [0.1, 0.15) is 5.75 Å². The summed E-state index contributed by atoms with van der Waals surface area (Å²) >= 11 is 13.1. The lowest BCUT2D eigenvalue weighted by molar-refractivity contribution is 0.210. The Bertz CT molecular complexity index is 1420. The molecule has 1 aliphatic carbocycles. The number of pyridine rings is 1. The summed E-state index contributed by atoms with van der Waals surface area (Å²) in [7, 11) is 2.13. The normalized spacial score (nSPS) is 22.5. The second-order valence-electron chi connectivity index (χ2n) is 11.4. The smallest absolute Gasteiger partial charge is 0.174 e. The zero-order chi connectivity index (χ0) is 27.3. The molecule has 1 aromatic heterocycles. The number of aromatic nitrogens is 1. The van der Waals surface area contributed by atoms with Gasteiger partial charge in [-0.3, -0.25) is 4.98 Å². The van der Waals surface area contributed by atoms with E-state index in [1.54, 1.807) is 0 Å². The van der Waals surface area contributed by atoms with E-state index >= 15 is 0 Å². The third kappa shape index (κ3) is 4.78. The van der Waals surface area contributed by atoms with Gasteiger partial charge in [-0.15, -0.1) is 0 Å². The van der Waals surface area contributed by atoms with E-state index in [0.29, 0.717) is 11.2 Å². The number of fused-ring (bicyclic) bond motifs is 1. The standard InChI is InChI=1S/C32H35ClN4OS/c1-20-19-32(2,3)36(4)28-18-26(33)25(17-24(20)28)30-29(27-11-7-8-16-34-27)35-31(39)37(30)21-12-14-23(15-13-21)38-22-9-5-6-10-22/h7-8,11-19,22,29-30H,5-6,9-10H2,1-4H3,(H,35,39)/t29-,30-/m0/s1. The number of thiocarbonyl (C=S) groups is 1. The van der Waals surface area contributed by atoms with Gasteiger partial charge in [0.2, 0.25) is 0 Å². The highest BCUT2D eigenvalue weighted by Crippen LogP contribution is 2.48. The predicted molar refractivity (Wildman–Crippen MR) is 165 cm³/mol. The number of rotatable bonds is 5. The lowest BCUT2D eigenvalue weighted by Crippen LogP contribution is -2.42. The van der Waals surface area contributed by atoms with E-state index in [1.807, 2.05) is 24.4 Å². The Morgan fingerprint density at radius 1 is 1.08 bits per heavy atom. The van der Waals surface area contributed by atoms with Crippen LogP contribution in [-0.4, -0.2) is 28.8 Å². The minimum absolute atomic E-state index is 0.0940. The fourth-order valence-corrected chi connectivity index (χ4v) is 6.86. The van der Waals surface area contributed by atoms with E-state index < -0.39 is 0 Å². The van der Waals surface area contributed by atoms with E-state index in [9.17, 15) is 0 Å². The number of nitrogens with zero attached hydrogens (tertiary/aromatic N) is 3. The molecule has 0 unspecified atom stereocenters. The molecule has 1 saturated heterocycles. The maximum Gasteiger partial charge on any atom is 0.174 e. The van der Waals surface area contributed by atoms with Gasteiger partial charge in [-0.2, -0.15) is 0 Å². The topological polar surface area (TPSA) is 40.6 Å². The summed E-state index contributed by atoms with van der Waals surface area (Å²) in [5, 5.41) is 4.93. The summed E-state index contributed by atoms with van der Waals surface area (Å²) in [6, 6.07) is 18.3. The highest BCUT2D eigenvalue weighted by molar-refractivity contribution is 7.80. The molecule has 2 atom stereocenters. The first-order valence-corrected chi connectivity index (χ1v) is 14.6. The van der Waals surface area contributed by atoms with Gasteiger partial charge >= 0.3 is 0 Å². The molecule has 0 amide bonds. The molecule has 6 rings (SSSR count). The highest BCUT2D eigenvalue weighted by atomic mass is 35.5. The lowest BCUT2D eigenvalue weighted by atomic mass is 9.86. The van der Waals surface area contributed by atoms with Crippen molar-refractivity contribution >= 4 is 45.9 Å². The highest BCUT2D eigenvalue weighted by Gasteiger charge is 2.42. The molecule has 3 aromatic rings. The van der Waals surface area contributed by atoms with Crippen LogP contribution < -0.4 is 19.9 Å². The van der Waals surface area contributed by atoms with Crippen LogP contribution in [0.1, 0.15) is 75.4 Å². The lowest BCUT2D eigenvalue weighted by Gasteiger charge is -2.41. The number of benzene rings is 2. The second-order valence-corrected chi connectivity index (χ2v) is 12.2. The molecule has 202 valence electrons. The van der Waals surface area contributed by atoms with E-state index in [-0.39, 0.29) is 17.6 Å². The van der Waals surface area contributed by atoms with Crippen LogP contribution in [0.3, 0.4) is 0 Å². The Balaban J connectivity index is 1.43. The minimum atomic E-state index is -0.181. The summed E-state index contributed by atoms with van der Waals surface area (Å²) in [4.78, 5) is 9.17. The molecule has 0 spiro atoms. The van der Waals surface area contributed by atoms with Gasteiger partial charge in [-0.05, 0) is 118 Å². The van der Waals surface area contributed by atoms with Gasteiger partial charge in [0.15, 0.2) is 5.11 Å². The number of allylic oxidation sites excluding steroid dienone is 1. The summed E-state index contributed by atoms with van der Waals surface area (Å²) in [5.41, 5.74) is 6.41. The molecular weight excluding hydrogens is 524 g/mol. The van der Waals surface area contributed by atoms with E-state index in [4.69, 9.17) is 33.5 Å². The average molecular weight is 559 g/mol. The number of hydrogen-bond donors (Lipinski definition) is 1. The molecule has 3 heterocycles. The van der Waals surface area contributed by atoms with Gasteiger partial charge in [-0.25, -0.2) is 0 Å². The first-order valence-electron chi connectivity index (χ1n) is 13.8. The van der Waals surface area contributed by atoms with Gasteiger partial charge in [0, 0.05) is 35.2 Å². The molecule has 0 bridgehead atoms. The summed E-state index contributed by atoms with van der Waals surface area (Å²) in [6.45, 7) is 6.62. The van der Waals surface area contributed by atoms with Crippen LogP contribution >= 0.6 is 23.8 Å². The molecule has 3 aliphatic rings. The third-order valence-corrected chi connectivity index (χ3v) is 9.11. The van der Waals surface area contributed by atoms with Crippen molar-refractivity contribution < 1.29 is 4.74 Å². The van der Waals surface area contributed by atoms with Crippen LogP contribution in [0.4, 0.5) is 11.4 Å². The molecule has 0 radical (unpaired) electrons. The number of likely N-dealkylation sites (N-methyl/N-ethyl adjacent to an activating group) is 1. The van der Waals surface area contributed by atoms with Crippen molar-refractivity contribution in [2.24, 2.45) is 0 Å². The summed E-state index contributed by atoms with van der Waals surface area (Å²) in [5.74, 6) is 0.903. The van der Waals surface area contributed by atoms with Crippen molar-refractivity contribution in [3.63, 3.8) is 0 Å². The van der Waals surface area contributed by atoms with Crippen LogP contribution in [0, 0.1) is 0 Å². The molecule has 1 saturated carbocycles. The number of halogens is 1. The first kappa shape index (κ1) is 26.1. The van der Waals surface area contributed by atoms with Crippen molar-refractivity contribution in [3.05, 3.63) is 88.7 Å². The molecular formula is C32H35ClN4OS. The molecule has 5 nitrogen and oxygen atoms in total. The zero-order valence-corrected chi connectivity index (χ0v) is 24.5. The monoisotopic (exact) mass is 558 g/mol. The summed E-state index contributed by atoms with van der Waals surface area (Å²) in [6.07, 6.45) is 9.22. The summed E-state index contributed by atoms with van der Waals surface area (Å²) < 4.78 is 6.23. The molecule has 2 aromatic carbocycles. The second kappa shape index (κ2) is 10.1. The van der Waals surface area contributed by atoms with Crippen LogP contribution in [0.2, 0.25) is 5.02 Å². The first-order chi connectivity index (χ1) is 18.7. The van der Waals surface area contributed by atoms with E-state index in [0.717, 1.165) is 46.2 Å². The Kier molecular flexibility index (Phi) is 6.80. The van der Waals surface area contributed by atoms with E-state index in [1.165, 1.54) is 24.0 Å². The van der Waals surface area contributed by atoms with Crippen molar-refractivity contribution in [3.8, 4) is 5.75 Å². The molecule has 7 heteroatoms. The fraction of sp³-hybridized carbons (Fsp3) is 0.375. The van der Waals surface area contributed by atoms with Gasteiger partial charge in [0.05, 0.1) is 29.4 Å². The van der Waals surface area contributed by atoms with Crippen molar-refractivity contribution in [1.29, 1.82) is 0 Å². The average Bonchev–Trinajstić information content (AvgIpc) is 3.55. The van der Waals surface area contributed by atoms with Crippen LogP contribution in [0.15, 0.2) is 66.9 Å². The largest absolute Gasteiger partial charge is 0.490 e. The van der Waals surface area contributed by atoms with Crippen molar-refractivity contribution in [1.82, 2.24) is 10.3 Å². The van der Waals surface area contributed by atoms with Crippen LogP contribution in [-0.2, 0) is 0 Å². The SMILES string of the molecule is CC1=CC(C)(C)N(C)c2cc(Cl)c([C@H]3[C@H](c4ccccn4)NC(=S)N3c3ccc(OC4CCCC4)cc3)cc21. The molecule has 2 fully saturated rings. The predicted octanol–water partition coefficient (Wildman–Crippen LogP) is 7.87. The number of hydrogen-bond acceptors (Lipinski definition) is 4. The number of ether oxygens (including phenoxy) is 1. The maximum absolute atomic E-state index is 7.14. The van der Waals surface area contributed by atoms with Gasteiger partial charge in [0.25, 0.3) is 0 Å². The molecule has 1 N–H and O–H groups in total. The van der Waals surface area contributed by atoms with E-state index in [2.05, 4.69) is 85.4 Å². The fourth-order valence-electron chi connectivity index (χ4n) is 6.25. The quantitative estimate of drug-likeness (QED) is 0.321. The number of anilines is 2. The Morgan fingerprint density at radius 2 is 1.82 bits per heavy atom. The Morgan fingerprint density at radius 3 is 2.51 bits per heavy atom. The van der Waals surface area contributed by atoms with Crippen LogP contribution in [0.25, 0.3) is 5.57 Å². The van der Waals surface area contributed by atoms with Crippen LogP contribution in [0.5, 0.6) is 5.75 Å². The van der Waals surface area contributed by atoms with Gasteiger partial charge in [-0.1, -0.05) is 23.7 Å². The maximum atomic E-state index is 7.14.